The summed E-state index contributed by atoms with van der Waals surface area (Å²) < 4.78 is 4.49. The molecule has 65 heavy (non-hydrogen) atoms. The van der Waals surface area contributed by atoms with E-state index in [1.54, 1.807) is 0 Å². The lowest BCUT2D eigenvalue weighted by molar-refractivity contribution is -0.649. The minimum Gasteiger partial charge on any atom is -0.360 e. The normalized spacial score (nSPS) is 14.6. The maximum atomic E-state index is 5.20. The lowest BCUT2D eigenvalue weighted by Gasteiger charge is -2.36. The number of hydrogen-bond donors (Lipinski definition) is 0. The first-order valence-corrected chi connectivity index (χ1v) is 25.7. The maximum absolute atomic E-state index is 5.20. The molecule has 0 bridgehead atoms. The standard InChI is InChI=1S/C55H49B2N7Si/c1-37-18-14-19-38(2)52(37)56-61(41-22-10-8-11-23-41)45-31-29-44(64-55-47(27-17-33-58-55)62(42-24-12-9-13-25-42)57(64)53-39(3)20-15-21-40(53)4)34-48(45)63(56)43-30-32-50-49(35-43)60-36-59(5)46-26-16-28-51(54(46)60)65(50,6)7/h8-35H,1-7H3. The summed E-state index contributed by atoms with van der Waals surface area (Å²) in [4.78, 5) is 15.3. The van der Waals surface area contributed by atoms with Crippen LogP contribution in [0.25, 0.3) is 16.7 Å². The highest BCUT2D eigenvalue weighted by atomic mass is 28.3. The van der Waals surface area contributed by atoms with Crippen molar-refractivity contribution in [2.45, 2.75) is 40.8 Å². The Balaban J connectivity index is 1.13. The number of hydrogen-bond acceptors (Lipinski definition) is 5. The molecule has 0 N–H and O–H groups in total. The van der Waals surface area contributed by atoms with E-state index in [0.717, 1.165) is 45.6 Å². The fraction of sp³-hybridized carbons (Fsp3) is 0.127. The number of pyridine rings is 1. The van der Waals surface area contributed by atoms with E-state index in [1.165, 1.54) is 60.3 Å². The molecule has 0 unspecified atom stereocenters. The molecule has 0 radical (unpaired) electrons. The van der Waals surface area contributed by atoms with Gasteiger partial charge in [-0.15, -0.1) is 0 Å². The van der Waals surface area contributed by atoms with Crippen LogP contribution in [0.4, 0.5) is 45.6 Å². The van der Waals surface area contributed by atoms with Crippen molar-refractivity contribution >= 4 is 100 Å². The van der Waals surface area contributed by atoms with Crippen molar-refractivity contribution < 1.29 is 4.57 Å². The van der Waals surface area contributed by atoms with Crippen molar-refractivity contribution in [1.82, 2.24) is 9.55 Å². The second-order valence-electron chi connectivity index (χ2n) is 18.5. The van der Waals surface area contributed by atoms with Gasteiger partial charge < -0.3 is 28.4 Å². The zero-order chi connectivity index (χ0) is 44.3. The number of benzene rings is 7. The molecule has 10 heteroatoms. The summed E-state index contributed by atoms with van der Waals surface area (Å²) in [6, 6.07) is 60.5. The van der Waals surface area contributed by atoms with E-state index in [-0.39, 0.29) is 14.0 Å². The molecule has 7 aromatic carbocycles. The predicted octanol–water partition coefficient (Wildman–Crippen LogP) is 9.39. The maximum Gasteiger partial charge on any atom is 0.422 e. The first kappa shape index (κ1) is 39.3. The van der Waals surface area contributed by atoms with Gasteiger partial charge in [-0.25, -0.2) is 4.98 Å². The number of rotatable bonds is 6. The Morgan fingerprint density at radius 2 is 1.02 bits per heavy atom. The third kappa shape index (κ3) is 5.76. The number of fused-ring (bicyclic) bond motifs is 4. The molecule has 0 amide bonds. The van der Waals surface area contributed by atoms with Gasteiger partial charge in [-0.1, -0.05) is 143 Å². The summed E-state index contributed by atoms with van der Waals surface area (Å²) in [7, 11) is 0.0263. The zero-order valence-corrected chi connectivity index (χ0v) is 39.0. The van der Waals surface area contributed by atoms with Crippen molar-refractivity contribution in [2.24, 2.45) is 7.05 Å². The summed E-state index contributed by atoms with van der Waals surface area (Å²) in [6.45, 7) is 13.6. The second-order valence-corrected chi connectivity index (χ2v) is 22.9. The number of imidazole rings is 1. The molecule has 9 aromatic rings. The Labute approximate surface area is 383 Å². The molecule has 2 aromatic heterocycles. The van der Waals surface area contributed by atoms with Gasteiger partial charge in [0.2, 0.25) is 6.33 Å². The number of aryl methyl sites for hydroxylation is 5. The average Bonchev–Trinajstić information content (AvgIpc) is 3.96. The van der Waals surface area contributed by atoms with Gasteiger partial charge in [0, 0.05) is 28.9 Å². The Kier molecular flexibility index (Phi) is 8.84. The molecule has 0 saturated heterocycles. The van der Waals surface area contributed by atoms with Gasteiger partial charge >= 0.3 is 14.0 Å². The van der Waals surface area contributed by atoms with Gasteiger partial charge in [0.25, 0.3) is 0 Å². The van der Waals surface area contributed by atoms with Crippen LogP contribution < -0.4 is 45.1 Å². The first-order chi connectivity index (χ1) is 31.6. The quantitative estimate of drug-likeness (QED) is 0.0947. The Morgan fingerprint density at radius 3 is 1.66 bits per heavy atom. The summed E-state index contributed by atoms with van der Waals surface area (Å²) in [6.07, 6.45) is 5.66. The summed E-state index contributed by atoms with van der Waals surface area (Å²) >= 11 is 0. The van der Waals surface area contributed by atoms with Crippen LogP contribution in [0.5, 0.6) is 0 Å². The van der Waals surface area contributed by atoms with Gasteiger partial charge in [-0.3, -0.25) is 0 Å². The topological polar surface area (TPSA) is 34.7 Å². The highest BCUT2D eigenvalue weighted by molar-refractivity contribution is 7.02. The third-order valence-corrected chi connectivity index (χ3v) is 17.9. The van der Waals surface area contributed by atoms with E-state index in [0.29, 0.717) is 0 Å². The van der Waals surface area contributed by atoms with Gasteiger partial charge in [-0.2, -0.15) is 0 Å². The van der Waals surface area contributed by atoms with Crippen LogP contribution in [0.2, 0.25) is 13.1 Å². The number of nitrogens with zero attached hydrogens (tertiary/aromatic N) is 7. The fourth-order valence-electron chi connectivity index (χ4n) is 11.3. The molecule has 0 spiro atoms. The smallest absolute Gasteiger partial charge is 0.360 e. The molecule has 0 atom stereocenters. The fourth-order valence-corrected chi connectivity index (χ4v) is 14.3. The molecular weight excluding hydrogens is 808 g/mol. The Morgan fingerprint density at radius 1 is 0.477 bits per heavy atom. The average molecular weight is 858 g/mol. The summed E-state index contributed by atoms with van der Waals surface area (Å²) in [5.41, 5.74) is 19.1. The van der Waals surface area contributed by atoms with E-state index in [1.807, 2.05) is 6.20 Å². The van der Waals surface area contributed by atoms with E-state index in [9.17, 15) is 0 Å². The van der Waals surface area contributed by atoms with E-state index < -0.39 is 8.07 Å². The largest absolute Gasteiger partial charge is 0.422 e. The predicted molar refractivity (Wildman–Crippen MR) is 275 cm³/mol. The van der Waals surface area contributed by atoms with Crippen LogP contribution in [-0.4, -0.2) is 31.6 Å². The van der Waals surface area contributed by atoms with Crippen LogP contribution in [0, 0.1) is 34.0 Å². The number of para-hydroxylation sites is 3. The van der Waals surface area contributed by atoms with Gasteiger partial charge in [0.05, 0.1) is 40.8 Å². The van der Waals surface area contributed by atoms with Crippen molar-refractivity contribution in [3.63, 3.8) is 0 Å². The molecule has 3 aliphatic heterocycles. The Hall–Kier alpha value is -7.29. The Bertz CT molecular complexity index is 3330. The zero-order valence-electron chi connectivity index (χ0n) is 38.0. The third-order valence-electron chi connectivity index (χ3n) is 14.4. The molecule has 7 nitrogen and oxygen atoms in total. The summed E-state index contributed by atoms with van der Waals surface area (Å²) in [5, 5.41) is 2.87. The molecule has 5 heterocycles. The van der Waals surface area contributed by atoms with Crippen LogP contribution >= 0.6 is 0 Å². The number of anilines is 8. The van der Waals surface area contributed by atoms with Gasteiger partial charge in [0.15, 0.2) is 0 Å². The summed E-state index contributed by atoms with van der Waals surface area (Å²) in [5.74, 6) is 0.930. The minimum atomic E-state index is -2.09. The van der Waals surface area contributed by atoms with E-state index in [4.69, 9.17) is 4.98 Å². The highest BCUT2D eigenvalue weighted by Crippen LogP contribution is 2.51. The van der Waals surface area contributed by atoms with Crippen LogP contribution in [0.15, 0.2) is 170 Å². The van der Waals surface area contributed by atoms with Crippen molar-refractivity contribution in [3.05, 3.63) is 199 Å². The SMILES string of the molecule is Cc1cccc(C)c1B1N(c2ccccc2)c2ccc(N3B(c4c(C)cccc4C)N(c4ccccc4)c4cccnc43)cc2N1c1ccc2c(c1)-n1[c-][n+](C)c3cccc(c31)[Si]2(C)C. The lowest BCUT2D eigenvalue weighted by atomic mass is 9.61. The molecule has 0 aliphatic carbocycles. The van der Waals surface area contributed by atoms with Crippen molar-refractivity contribution in [1.29, 1.82) is 0 Å². The number of aromatic nitrogens is 3. The van der Waals surface area contributed by atoms with Crippen LogP contribution in [-0.2, 0) is 7.05 Å². The van der Waals surface area contributed by atoms with Crippen molar-refractivity contribution in [2.75, 3.05) is 19.2 Å². The van der Waals surface area contributed by atoms with Crippen molar-refractivity contribution in [3.8, 4) is 5.69 Å². The molecule has 314 valence electrons. The molecule has 0 fully saturated rings. The first-order valence-electron chi connectivity index (χ1n) is 22.7. The molecule has 12 rings (SSSR count). The van der Waals surface area contributed by atoms with E-state index >= 15 is 0 Å². The van der Waals surface area contributed by atoms with E-state index in [2.05, 4.69) is 246 Å². The van der Waals surface area contributed by atoms with Gasteiger partial charge in [0.1, 0.15) is 13.9 Å². The second kappa shape index (κ2) is 14.6. The van der Waals surface area contributed by atoms with Crippen LogP contribution in [0.3, 0.4) is 0 Å². The van der Waals surface area contributed by atoms with Gasteiger partial charge in [-0.05, 0) is 105 Å². The van der Waals surface area contributed by atoms with Crippen LogP contribution in [0.1, 0.15) is 22.3 Å². The molecule has 0 saturated carbocycles. The highest BCUT2D eigenvalue weighted by Gasteiger charge is 2.49. The lowest BCUT2D eigenvalue weighted by Crippen LogP contribution is -2.57. The minimum absolute atomic E-state index is 0.188. The molecular formula is C55H49B2N7Si. The monoisotopic (exact) mass is 857 g/mol. The molecule has 3 aliphatic rings.